The van der Waals surface area contributed by atoms with Gasteiger partial charge in [-0.05, 0) is 41.9 Å². The largest absolute Gasteiger partial charge is 0.243 e. The van der Waals surface area contributed by atoms with Gasteiger partial charge in [-0.3, -0.25) is 0 Å². The van der Waals surface area contributed by atoms with Crippen molar-refractivity contribution in [1.82, 2.24) is 4.72 Å². The quantitative estimate of drug-likeness (QED) is 0.929. The number of hydrogen-bond acceptors (Lipinski definition) is 3. The molecule has 0 aromatic heterocycles. The van der Waals surface area contributed by atoms with Crippen LogP contribution >= 0.6 is 15.9 Å². The third-order valence-electron chi connectivity index (χ3n) is 1.80. The molecule has 0 unspecified atom stereocenters. The number of benzene rings is 1. The van der Waals surface area contributed by atoms with Gasteiger partial charge in [0.2, 0.25) is 10.0 Å². The van der Waals surface area contributed by atoms with Crippen molar-refractivity contribution in [2.75, 3.05) is 0 Å². The van der Waals surface area contributed by atoms with E-state index in [-0.39, 0.29) is 4.90 Å². The third kappa shape index (κ3) is 3.04. The highest BCUT2D eigenvalue weighted by atomic mass is 79.9. The molecule has 86 valence electrons. The standard InChI is InChI=1S/C10H11BrN2O2S/c1-10(2,7-12)13-16(14,15)9-6-4-3-5-8(9)11/h3-6,13H,1-2H3. The maximum absolute atomic E-state index is 11.9. The third-order valence-corrected chi connectivity index (χ3v) is 4.46. The molecular formula is C10H11BrN2O2S. The maximum Gasteiger partial charge on any atom is 0.243 e. The molecule has 0 aliphatic carbocycles. The highest BCUT2D eigenvalue weighted by Gasteiger charge is 2.26. The highest BCUT2D eigenvalue weighted by molar-refractivity contribution is 9.10. The molecule has 1 N–H and O–H groups in total. The molecule has 1 rings (SSSR count). The second-order valence-electron chi connectivity index (χ2n) is 3.77. The number of nitriles is 1. The average molecular weight is 303 g/mol. The van der Waals surface area contributed by atoms with Crippen molar-refractivity contribution >= 4 is 26.0 Å². The van der Waals surface area contributed by atoms with Gasteiger partial charge in [0, 0.05) is 4.47 Å². The monoisotopic (exact) mass is 302 g/mol. The van der Waals surface area contributed by atoms with Gasteiger partial charge in [0.25, 0.3) is 0 Å². The van der Waals surface area contributed by atoms with Crippen LogP contribution in [0.3, 0.4) is 0 Å². The Balaban J connectivity index is 3.16. The number of hydrogen-bond donors (Lipinski definition) is 1. The zero-order chi connectivity index (χ0) is 12.4. The molecule has 0 amide bonds. The van der Waals surface area contributed by atoms with Gasteiger partial charge in [-0.25, -0.2) is 8.42 Å². The summed E-state index contributed by atoms with van der Waals surface area (Å²) in [5, 5.41) is 8.78. The van der Waals surface area contributed by atoms with E-state index in [1.165, 1.54) is 19.9 Å². The van der Waals surface area contributed by atoms with E-state index in [9.17, 15) is 8.42 Å². The molecule has 0 saturated carbocycles. The molecular weight excluding hydrogens is 292 g/mol. The number of nitrogens with zero attached hydrogens (tertiary/aromatic N) is 1. The van der Waals surface area contributed by atoms with Crippen LogP contribution in [0.2, 0.25) is 0 Å². The number of rotatable bonds is 3. The van der Waals surface area contributed by atoms with Gasteiger partial charge in [0.1, 0.15) is 5.54 Å². The molecule has 0 aliphatic heterocycles. The van der Waals surface area contributed by atoms with E-state index in [2.05, 4.69) is 20.7 Å². The fourth-order valence-corrected chi connectivity index (χ4v) is 3.41. The molecule has 0 radical (unpaired) electrons. The first-order valence-electron chi connectivity index (χ1n) is 4.48. The van der Waals surface area contributed by atoms with Crippen LogP contribution in [0.1, 0.15) is 13.8 Å². The van der Waals surface area contributed by atoms with Crippen molar-refractivity contribution in [3.8, 4) is 6.07 Å². The van der Waals surface area contributed by atoms with E-state index >= 15 is 0 Å². The molecule has 0 aliphatic rings. The van der Waals surface area contributed by atoms with Crippen LogP contribution in [0.4, 0.5) is 0 Å². The van der Waals surface area contributed by atoms with E-state index in [1.54, 1.807) is 18.2 Å². The van der Waals surface area contributed by atoms with E-state index in [4.69, 9.17) is 5.26 Å². The Bertz CT molecular complexity index is 532. The Labute approximate surface area is 103 Å². The summed E-state index contributed by atoms with van der Waals surface area (Å²) in [6.45, 7) is 3.00. The van der Waals surface area contributed by atoms with Gasteiger partial charge in [0.05, 0.1) is 11.0 Å². The lowest BCUT2D eigenvalue weighted by Crippen LogP contribution is -2.42. The summed E-state index contributed by atoms with van der Waals surface area (Å²) in [7, 11) is -3.68. The van der Waals surface area contributed by atoms with Crippen molar-refractivity contribution < 1.29 is 8.42 Å². The number of nitrogens with one attached hydrogen (secondary N) is 1. The number of halogens is 1. The Morgan fingerprint density at radius 3 is 2.44 bits per heavy atom. The Hall–Kier alpha value is -0.900. The zero-order valence-electron chi connectivity index (χ0n) is 8.86. The SMILES string of the molecule is CC(C)(C#N)NS(=O)(=O)c1ccccc1Br. The minimum Gasteiger partial charge on any atom is -0.207 e. The molecule has 4 nitrogen and oxygen atoms in total. The van der Waals surface area contributed by atoms with Crippen LogP contribution in [-0.2, 0) is 10.0 Å². The Morgan fingerprint density at radius 2 is 1.94 bits per heavy atom. The summed E-state index contributed by atoms with van der Waals surface area (Å²) >= 11 is 3.16. The normalized spacial score (nSPS) is 12.1. The fourth-order valence-electron chi connectivity index (χ4n) is 1.08. The highest BCUT2D eigenvalue weighted by Crippen LogP contribution is 2.22. The summed E-state index contributed by atoms with van der Waals surface area (Å²) in [5.41, 5.74) is -1.13. The van der Waals surface area contributed by atoms with Crippen LogP contribution in [0.15, 0.2) is 33.6 Å². The van der Waals surface area contributed by atoms with E-state index in [0.29, 0.717) is 4.47 Å². The molecule has 0 bridgehead atoms. The van der Waals surface area contributed by atoms with Gasteiger partial charge in [-0.15, -0.1) is 0 Å². The summed E-state index contributed by atoms with van der Waals surface area (Å²) < 4.78 is 26.7. The van der Waals surface area contributed by atoms with Crippen molar-refractivity contribution in [2.45, 2.75) is 24.3 Å². The minimum absolute atomic E-state index is 0.123. The summed E-state index contributed by atoms with van der Waals surface area (Å²) in [4.78, 5) is 0.123. The molecule has 1 aromatic carbocycles. The lowest BCUT2D eigenvalue weighted by molar-refractivity contribution is 0.535. The lowest BCUT2D eigenvalue weighted by atomic mass is 10.1. The minimum atomic E-state index is -3.68. The van der Waals surface area contributed by atoms with Gasteiger partial charge in [-0.2, -0.15) is 9.98 Å². The van der Waals surface area contributed by atoms with E-state index < -0.39 is 15.6 Å². The van der Waals surface area contributed by atoms with Gasteiger partial charge >= 0.3 is 0 Å². The molecule has 0 spiro atoms. The molecule has 0 fully saturated rings. The maximum atomic E-state index is 11.9. The molecule has 0 atom stereocenters. The first-order chi connectivity index (χ1) is 7.28. The zero-order valence-corrected chi connectivity index (χ0v) is 11.3. The van der Waals surface area contributed by atoms with Crippen LogP contribution in [0.5, 0.6) is 0 Å². The van der Waals surface area contributed by atoms with Crippen LogP contribution < -0.4 is 4.72 Å². The Morgan fingerprint density at radius 1 is 1.38 bits per heavy atom. The lowest BCUT2D eigenvalue weighted by Gasteiger charge is -2.17. The summed E-state index contributed by atoms with van der Waals surface area (Å²) in [5.74, 6) is 0. The summed E-state index contributed by atoms with van der Waals surface area (Å²) in [6, 6.07) is 8.33. The predicted molar refractivity (Wildman–Crippen MR) is 64.2 cm³/mol. The van der Waals surface area contributed by atoms with Crippen molar-refractivity contribution in [2.24, 2.45) is 0 Å². The molecule has 1 aromatic rings. The molecule has 0 saturated heterocycles. The predicted octanol–water partition coefficient (Wildman–Crippen LogP) is 2.03. The van der Waals surface area contributed by atoms with Gasteiger partial charge in [0.15, 0.2) is 0 Å². The first-order valence-corrected chi connectivity index (χ1v) is 6.76. The van der Waals surface area contributed by atoms with Crippen molar-refractivity contribution in [1.29, 1.82) is 5.26 Å². The molecule has 16 heavy (non-hydrogen) atoms. The van der Waals surface area contributed by atoms with E-state index in [0.717, 1.165) is 0 Å². The fraction of sp³-hybridized carbons (Fsp3) is 0.300. The van der Waals surface area contributed by atoms with E-state index in [1.807, 2.05) is 6.07 Å². The smallest absolute Gasteiger partial charge is 0.207 e. The summed E-state index contributed by atoms with van der Waals surface area (Å²) in [6.07, 6.45) is 0. The molecule has 6 heteroatoms. The van der Waals surface area contributed by atoms with Crippen LogP contribution in [0, 0.1) is 11.3 Å². The first kappa shape index (κ1) is 13.2. The molecule has 0 heterocycles. The van der Waals surface area contributed by atoms with Crippen molar-refractivity contribution in [3.05, 3.63) is 28.7 Å². The van der Waals surface area contributed by atoms with Gasteiger partial charge in [-0.1, -0.05) is 12.1 Å². The second-order valence-corrected chi connectivity index (χ2v) is 6.28. The second kappa shape index (κ2) is 4.53. The van der Waals surface area contributed by atoms with Crippen LogP contribution in [-0.4, -0.2) is 14.0 Å². The van der Waals surface area contributed by atoms with Gasteiger partial charge < -0.3 is 0 Å². The Kier molecular flexibility index (Phi) is 3.73. The average Bonchev–Trinajstić information content (AvgIpc) is 2.16. The number of sulfonamides is 1. The van der Waals surface area contributed by atoms with Crippen molar-refractivity contribution in [3.63, 3.8) is 0 Å². The van der Waals surface area contributed by atoms with Crippen LogP contribution in [0.25, 0.3) is 0 Å². The topological polar surface area (TPSA) is 70.0 Å².